The number of rotatable bonds is 3. The maximum atomic E-state index is 9.21. The summed E-state index contributed by atoms with van der Waals surface area (Å²) in [5.74, 6) is 1.20. The first-order valence-electron chi connectivity index (χ1n) is 5.99. The lowest BCUT2D eigenvalue weighted by atomic mass is 9.95. The second kappa shape index (κ2) is 3.77. The highest BCUT2D eigenvalue weighted by molar-refractivity contribution is 5.15. The van der Waals surface area contributed by atoms with Crippen LogP contribution in [0.15, 0.2) is 0 Å². The van der Waals surface area contributed by atoms with Crippen LogP contribution in [0.2, 0.25) is 0 Å². The van der Waals surface area contributed by atoms with Crippen LogP contribution in [0.1, 0.15) is 33.1 Å². The van der Waals surface area contributed by atoms with E-state index in [1.54, 1.807) is 0 Å². The third kappa shape index (κ3) is 2.16. The van der Waals surface area contributed by atoms with Gasteiger partial charge in [0, 0.05) is 19.1 Å². The minimum Gasteiger partial charge on any atom is -0.312 e. The summed E-state index contributed by atoms with van der Waals surface area (Å²) >= 11 is 0. The zero-order valence-electron chi connectivity index (χ0n) is 9.74. The van der Waals surface area contributed by atoms with Crippen LogP contribution in [0.3, 0.4) is 0 Å². The number of hydrogen-bond acceptors (Lipinski definition) is 3. The molecule has 0 bridgehead atoms. The third-order valence-corrected chi connectivity index (χ3v) is 3.89. The summed E-state index contributed by atoms with van der Waals surface area (Å²) < 4.78 is 0. The van der Waals surface area contributed by atoms with Crippen LogP contribution in [0.4, 0.5) is 0 Å². The Morgan fingerprint density at radius 3 is 2.53 bits per heavy atom. The van der Waals surface area contributed by atoms with E-state index in [0.29, 0.717) is 12.0 Å². The number of hydrogen-bond donors (Lipinski definition) is 1. The SMILES string of the molecule is CC1CC(C)N(CC(N)(C#N)C2CC2)C1. The van der Waals surface area contributed by atoms with Gasteiger partial charge in [-0.25, -0.2) is 0 Å². The Balaban J connectivity index is 1.98. The van der Waals surface area contributed by atoms with Crippen molar-refractivity contribution in [1.29, 1.82) is 5.26 Å². The topological polar surface area (TPSA) is 53.0 Å². The molecule has 0 radical (unpaired) electrons. The predicted octanol–water partition coefficient (Wildman–Crippen LogP) is 1.35. The quantitative estimate of drug-likeness (QED) is 0.760. The summed E-state index contributed by atoms with van der Waals surface area (Å²) in [6.45, 7) is 6.39. The van der Waals surface area contributed by atoms with Crippen molar-refractivity contribution >= 4 is 0 Å². The first kappa shape index (κ1) is 10.9. The lowest BCUT2D eigenvalue weighted by Gasteiger charge is -2.30. The molecule has 3 atom stereocenters. The Kier molecular flexibility index (Phi) is 2.74. The van der Waals surface area contributed by atoms with E-state index >= 15 is 0 Å². The molecule has 0 aromatic rings. The molecule has 1 aliphatic heterocycles. The highest BCUT2D eigenvalue weighted by Gasteiger charge is 2.45. The van der Waals surface area contributed by atoms with Crippen molar-refractivity contribution in [1.82, 2.24) is 4.90 Å². The lowest BCUT2D eigenvalue weighted by molar-refractivity contribution is 0.213. The van der Waals surface area contributed by atoms with E-state index in [1.165, 1.54) is 6.42 Å². The van der Waals surface area contributed by atoms with Gasteiger partial charge in [0.1, 0.15) is 5.54 Å². The molecule has 3 unspecified atom stereocenters. The first-order chi connectivity index (χ1) is 7.05. The van der Waals surface area contributed by atoms with Gasteiger partial charge in [-0.1, -0.05) is 6.92 Å². The largest absolute Gasteiger partial charge is 0.312 e. The van der Waals surface area contributed by atoms with Crippen LogP contribution in [-0.4, -0.2) is 29.6 Å². The van der Waals surface area contributed by atoms with Gasteiger partial charge in [0.25, 0.3) is 0 Å². The van der Waals surface area contributed by atoms with Gasteiger partial charge in [-0.15, -0.1) is 0 Å². The van der Waals surface area contributed by atoms with Gasteiger partial charge in [0.05, 0.1) is 6.07 Å². The third-order valence-electron chi connectivity index (χ3n) is 3.89. The molecule has 0 amide bonds. The van der Waals surface area contributed by atoms with Gasteiger partial charge >= 0.3 is 0 Å². The molecule has 1 saturated heterocycles. The fourth-order valence-corrected chi connectivity index (χ4v) is 2.80. The van der Waals surface area contributed by atoms with Crippen molar-refractivity contribution < 1.29 is 0 Å². The lowest BCUT2D eigenvalue weighted by Crippen LogP contribution is -2.51. The molecule has 0 aromatic heterocycles. The number of likely N-dealkylation sites (tertiary alicyclic amines) is 1. The zero-order chi connectivity index (χ0) is 11.1. The fourth-order valence-electron chi connectivity index (χ4n) is 2.80. The van der Waals surface area contributed by atoms with Crippen molar-refractivity contribution in [3.8, 4) is 6.07 Å². The van der Waals surface area contributed by atoms with Crippen LogP contribution in [-0.2, 0) is 0 Å². The second-order valence-electron chi connectivity index (χ2n) is 5.55. The van der Waals surface area contributed by atoms with Crippen LogP contribution < -0.4 is 5.73 Å². The van der Waals surface area contributed by atoms with E-state index in [0.717, 1.165) is 31.8 Å². The molecular formula is C12H21N3. The van der Waals surface area contributed by atoms with E-state index in [4.69, 9.17) is 5.73 Å². The Hall–Kier alpha value is -0.590. The summed E-state index contributed by atoms with van der Waals surface area (Å²) in [6, 6.07) is 2.93. The molecule has 2 N–H and O–H groups in total. The Bertz CT molecular complexity index is 279. The molecule has 1 aliphatic carbocycles. The van der Waals surface area contributed by atoms with E-state index in [2.05, 4.69) is 24.8 Å². The summed E-state index contributed by atoms with van der Waals surface area (Å²) in [5.41, 5.74) is 5.60. The maximum Gasteiger partial charge on any atom is 0.119 e. The van der Waals surface area contributed by atoms with Crippen LogP contribution in [0.5, 0.6) is 0 Å². The van der Waals surface area contributed by atoms with Gasteiger partial charge in [-0.3, -0.25) is 4.90 Å². The molecule has 2 aliphatic rings. The minimum atomic E-state index is -0.585. The molecular weight excluding hydrogens is 186 g/mol. The molecule has 2 rings (SSSR count). The normalized spacial score (nSPS) is 36.1. The smallest absolute Gasteiger partial charge is 0.119 e. The average Bonchev–Trinajstić information content (AvgIpc) is 2.96. The first-order valence-corrected chi connectivity index (χ1v) is 5.99. The molecule has 1 heterocycles. The number of nitrogens with two attached hydrogens (primary N) is 1. The summed E-state index contributed by atoms with van der Waals surface area (Å²) in [5, 5.41) is 9.21. The molecule has 3 nitrogen and oxygen atoms in total. The van der Waals surface area contributed by atoms with Crippen LogP contribution >= 0.6 is 0 Å². The molecule has 0 spiro atoms. The van der Waals surface area contributed by atoms with E-state index in [-0.39, 0.29) is 0 Å². The van der Waals surface area contributed by atoms with Gasteiger partial charge in [0.15, 0.2) is 0 Å². The van der Waals surface area contributed by atoms with Crippen molar-refractivity contribution in [2.45, 2.75) is 44.7 Å². The Morgan fingerprint density at radius 1 is 1.47 bits per heavy atom. The molecule has 0 aromatic carbocycles. The molecule has 2 fully saturated rings. The minimum absolute atomic E-state index is 0.450. The monoisotopic (exact) mass is 207 g/mol. The zero-order valence-corrected chi connectivity index (χ0v) is 9.74. The van der Waals surface area contributed by atoms with Crippen molar-refractivity contribution in [2.75, 3.05) is 13.1 Å². The fraction of sp³-hybridized carbons (Fsp3) is 0.917. The second-order valence-corrected chi connectivity index (χ2v) is 5.55. The van der Waals surface area contributed by atoms with E-state index in [1.807, 2.05) is 0 Å². The van der Waals surface area contributed by atoms with Crippen molar-refractivity contribution in [2.24, 2.45) is 17.6 Å². The molecule has 15 heavy (non-hydrogen) atoms. The van der Waals surface area contributed by atoms with E-state index < -0.39 is 5.54 Å². The summed E-state index contributed by atoms with van der Waals surface area (Å²) in [6.07, 6.45) is 3.52. The maximum absolute atomic E-state index is 9.21. The van der Waals surface area contributed by atoms with Crippen LogP contribution in [0, 0.1) is 23.2 Å². The number of nitrogens with zero attached hydrogens (tertiary/aromatic N) is 2. The van der Waals surface area contributed by atoms with Crippen molar-refractivity contribution in [3.05, 3.63) is 0 Å². The van der Waals surface area contributed by atoms with Gasteiger partial charge in [-0.05, 0) is 38.0 Å². The van der Waals surface area contributed by atoms with Gasteiger partial charge in [0.2, 0.25) is 0 Å². The Labute approximate surface area is 92.2 Å². The molecule has 1 saturated carbocycles. The average molecular weight is 207 g/mol. The van der Waals surface area contributed by atoms with Crippen LogP contribution in [0.25, 0.3) is 0 Å². The summed E-state index contributed by atoms with van der Waals surface area (Å²) in [4.78, 5) is 2.40. The standard InChI is InChI=1S/C12H21N3/c1-9-5-10(2)15(6-9)8-12(14,7-13)11-3-4-11/h9-11H,3-6,8,14H2,1-2H3. The van der Waals surface area contributed by atoms with Gasteiger partial charge in [-0.2, -0.15) is 5.26 Å². The molecule has 3 heteroatoms. The highest BCUT2D eigenvalue weighted by atomic mass is 15.2. The Morgan fingerprint density at radius 2 is 2.13 bits per heavy atom. The van der Waals surface area contributed by atoms with Gasteiger partial charge < -0.3 is 5.73 Å². The molecule has 84 valence electrons. The van der Waals surface area contributed by atoms with Crippen molar-refractivity contribution in [3.63, 3.8) is 0 Å². The number of nitriles is 1. The van der Waals surface area contributed by atoms with E-state index in [9.17, 15) is 5.26 Å². The predicted molar refractivity (Wildman–Crippen MR) is 60.1 cm³/mol. The summed E-state index contributed by atoms with van der Waals surface area (Å²) in [7, 11) is 0. The highest BCUT2D eigenvalue weighted by Crippen LogP contribution is 2.39.